The summed E-state index contributed by atoms with van der Waals surface area (Å²) >= 11 is 0. The average Bonchev–Trinajstić information content (AvgIpc) is 2.68. The van der Waals surface area contributed by atoms with Crippen LogP contribution in [0.25, 0.3) is 0 Å². The largest absolute Gasteiger partial charge is 0.497 e. The molecule has 0 spiro atoms. The lowest BCUT2D eigenvalue weighted by Gasteiger charge is -2.47. The van der Waals surface area contributed by atoms with Crippen LogP contribution in [0, 0.1) is 0 Å². The fourth-order valence-electron chi connectivity index (χ4n) is 3.68. The second-order valence-corrected chi connectivity index (χ2v) is 7.00. The number of hydrogen-bond acceptors (Lipinski definition) is 4. The SMILES string of the molecule is COc1ccc(C(=O)N2CCC(O)(c3ccccc3)C(N(C)C)C2)cc1. The Hall–Kier alpha value is -2.37. The van der Waals surface area contributed by atoms with Gasteiger partial charge < -0.3 is 19.6 Å². The molecule has 2 atom stereocenters. The Morgan fingerprint density at radius 3 is 2.38 bits per heavy atom. The maximum atomic E-state index is 12.9. The van der Waals surface area contributed by atoms with Gasteiger partial charge in [-0.1, -0.05) is 30.3 Å². The summed E-state index contributed by atoms with van der Waals surface area (Å²) in [5.74, 6) is 0.708. The van der Waals surface area contributed by atoms with Crippen LogP contribution in [-0.4, -0.2) is 61.2 Å². The molecule has 1 fully saturated rings. The normalized spacial score (nSPS) is 23.1. The third-order valence-corrected chi connectivity index (χ3v) is 5.23. The van der Waals surface area contributed by atoms with E-state index in [9.17, 15) is 9.90 Å². The van der Waals surface area contributed by atoms with Crippen LogP contribution in [0.15, 0.2) is 54.6 Å². The lowest BCUT2D eigenvalue weighted by Crippen LogP contribution is -2.60. The molecule has 0 aromatic heterocycles. The van der Waals surface area contributed by atoms with E-state index in [0.29, 0.717) is 25.1 Å². The van der Waals surface area contributed by atoms with Crippen molar-refractivity contribution in [2.45, 2.75) is 18.1 Å². The molecule has 1 amide bonds. The number of likely N-dealkylation sites (tertiary alicyclic amines) is 1. The highest BCUT2D eigenvalue weighted by Crippen LogP contribution is 2.35. The third-order valence-electron chi connectivity index (χ3n) is 5.23. The van der Waals surface area contributed by atoms with Crippen molar-refractivity contribution >= 4 is 5.91 Å². The van der Waals surface area contributed by atoms with Crippen LogP contribution < -0.4 is 4.74 Å². The highest BCUT2D eigenvalue weighted by atomic mass is 16.5. The van der Waals surface area contributed by atoms with E-state index in [2.05, 4.69) is 0 Å². The maximum absolute atomic E-state index is 12.9. The van der Waals surface area contributed by atoms with Gasteiger partial charge in [0.25, 0.3) is 5.91 Å². The lowest BCUT2D eigenvalue weighted by atomic mass is 9.79. The number of nitrogens with zero attached hydrogens (tertiary/aromatic N) is 2. The molecule has 0 aliphatic carbocycles. The predicted octanol–water partition coefficient (Wildman–Crippen LogP) is 2.36. The molecule has 2 unspecified atom stereocenters. The second kappa shape index (κ2) is 7.48. The fraction of sp³-hybridized carbons (Fsp3) is 0.381. The van der Waals surface area contributed by atoms with Crippen molar-refractivity contribution in [1.82, 2.24) is 9.80 Å². The van der Waals surface area contributed by atoms with Crippen molar-refractivity contribution < 1.29 is 14.6 Å². The molecule has 1 saturated heterocycles. The summed E-state index contributed by atoms with van der Waals surface area (Å²) in [5.41, 5.74) is 0.560. The lowest BCUT2D eigenvalue weighted by molar-refractivity contribution is -0.0810. The molecule has 5 heteroatoms. The minimum Gasteiger partial charge on any atom is -0.497 e. The van der Waals surface area contributed by atoms with Crippen molar-refractivity contribution in [1.29, 1.82) is 0 Å². The van der Waals surface area contributed by atoms with Gasteiger partial charge in [-0.05, 0) is 50.3 Å². The molecule has 1 heterocycles. The van der Waals surface area contributed by atoms with Gasteiger partial charge in [-0.15, -0.1) is 0 Å². The van der Waals surface area contributed by atoms with Crippen molar-refractivity contribution in [2.75, 3.05) is 34.3 Å². The topological polar surface area (TPSA) is 53.0 Å². The zero-order chi connectivity index (χ0) is 18.7. The molecule has 0 bridgehead atoms. The summed E-state index contributed by atoms with van der Waals surface area (Å²) < 4.78 is 5.15. The molecule has 3 rings (SSSR count). The molecular formula is C21H26N2O3. The van der Waals surface area contributed by atoms with Crippen LogP contribution in [0.2, 0.25) is 0 Å². The number of piperidine rings is 1. The highest BCUT2D eigenvalue weighted by molar-refractivity contribution is 5.94. The molecule has 5 nitrogen and oxygen atoms in total. The summed E-state index contributed by atoms with van der Waals surface area (Å²) in [6.07, 6.45) is 0.502. The second-order valence-electron chi connectivity index (χ2n) is 7.00. The molecule has 138 valence electrons. The quantitative estimate of drug-likeness (QED) is 0.916. The third kappa shape index (κ3) is 3.45. The number of amides is 1. The minimum atomic E-state index is -0.971. The van der Waals surface area contributed by atoms with Gasteiger partial charge in [0.05, 0.1) is 13.2 Å². The smallest absolute Gasteiger partial charge is 0.253 e. The predicted molar refractivity (Wildman–Crippen MR) is 101 cm³/mol. The van der Waals surface area contributed by atoms with Crippen molar-refractivity contribution in [2.24, 2.45) is 0 Å². The first-order valence-electron chi connectivity index (χ1n) is 8.83. The summed E-state index contributed by atoms with van der Waals surface area (Å²) in [6, 6.07) is 16.7. The fourth-order valence-corrected chi connectivity index (χ4v) is 3.68. The van der Waals surface area contributed by atoms with E-state index in [1.54, 1.807) is 31.4 Å². The standard InChI is InChI=1S/C21H26N2O3/c1-22(2)19-15-23(20(24)16-9-11-18(26-3)12-10-16)14-13-21(19,25)17-7-5-4-6-8-17/h4-12,19,25H,13-15H2,1-3H3. The van der Waals surface area contributed by atoms with Crippen LogP contribution in [0.3, 0.4) is 0 Å². The van der Waals surface area contributed by atoms with E-state index >= 15 is 0 Å². The van der Waals surface area contributed by atoms with E-state index in [-0.39, 0.29) is 11.9 Å². The van der Waals surface area contributed by atoms with Gasteiger partial charge in [0, 0.05) is 18.7 Å². The van der Waals surface area contributed by atoms with Gasteiger partial charge in [0.15, 0.2) is 0 Å². The number of likely N-dealkylation sites (N-methyl/N-ethyl adjacent to an activating group) is 1. The van der Waals surface area contributed by atoms with Gasteiger partial charge in [-0.3, -0.25) is 4.79 Å². The first-order chi connectivity index (χ1) is 12.5. The summed E-state index contributed by atoms with van der Waals surface area (Å²) in [7, 11) is 5.49. The van der Waals surface area contributed by atoms with E-state index < -0.39 is 5.60 Å². The number of methoxy groups -OCH3 is 1. The van der Waals surface area contributed by atoms with Crippen LogP contribution >= 0.6 is 0 Å². The Kier molecular flexibility index (Phi) is 5.30. The van der Waals surface area contributed by atoms with Gasteiger partial charge >= 0.3 is 0 Å². The number of aliphatic hydroxyl groups is 1. The Morgan fingerprint density at radius 2 is 1.81 bits per heavy atom. The van der Waals surface area contributed by atoms with Crippen molar-refractivity contribution in [3.05, 3.63) is 65.7 Å². The van der Waals surface area contributed by atoms with Crippen molar-refractivity contribution in [3.8, 4) is 5.75 Å². The molecule has 1 N–H and O–H groups in total. The number of benzene rings is 2. The molecule has 1 aliphatic heterocycles. The Labute approximate surface area is 154 Å². The maximum Gasteiger partial charge on any atom is 0.253 e. The average molecular weight is 354 g/mol. The van der Waals surface area contributed by atoms with Crippen LogP contribution in [0.4, 0.5) is 0 Å². The summed E-state index contributed by atoms with van der Waals surface area (Å²) in [6.45, 7) is 0.990. The Bertz CT molecular complexity index is 746. The molecule has 0 saturated carbocycles. The van der Waals surface area contributed by atoms with Crippen LogP contribution in [-0.2, 0) is 5.60 Å². The highest BCUT2D eigenvalue weighted by Gasteiger charge is 2.45. The number of carbonyl (C=O) groups is 1. The molecule has 2 aromatic carbocycles. The van der Waals surface area contributed by atoms with Crippen LogP contribution in [0.5, 0.6) is 5.75 Å². The first kappa shape index (κ1) is 18.4. The van der Waals surface area contributed by atoms with Gasteiger partial charge in [-0.25, -0.2) is 0 Å². The molecule has 1 aliphatic rings. The minimum absolute atomic E-state index is 0.0189. The number of rotatable bonds is 4. The number of ether oxygens (including phenoxy) is 1. The van der Waals surface area contributed by atoms with Gasteiger partial charge in [-0.2, -0.15) is 0 Å². The number of carbonyl (C=O) groups excluding carboxylic acids is 1. The van der Waals surface area contributed by atoms with E-state index in [0.717, 1.165) is 11.3 Å². The Balaban J connectivity index is 1.82. The molecule has 0 radical (unpaired) electrons. The summed E-state index contributed by atoms with van der Waals surface area (Å²) in [5, 5.41) is 11.4. The summed E-state index contributed by atoms with van der Waals surface area (Å²) in [4.78, 5) is 16.7. The van der Waals surface area contributed by atoms with Gasteiger partial charge in [0.1, 0.15) is 11.4 Å². The monoisotopic (exact) mass is 354 g/mol. The van der Waals surface area contributed by atoms with Crippen LogP contribution in [0.1, 0.15) is 22.3 Å². The zero-order valence-electron chi connectivity index (χ0n) is 15.6. The Morgan fingerprint density at radius 1 is 1.15 bits per heavy atom. The molecule has 2 aromatic rings. The first-order valence-corrected chi connectivity index (χ1v) is 8.83. The number of hydrogen-bond donors (Lipinski definition) is 1. The zero-order valence-corrected chi connectivity index (χ0v) is 15.6. The molecule has 26 heavy (non-hydrogen) atoms. The van der Waals surface area contributed by atoms with Gasteiger partial charge in [0.2, 0.25) is 0 Å². The van der Waals surface area contributed by atoms with E-state index in [1.807, 2.05) is 54.2 Å². The van der Waals surface area contributed by atoms with E-state index in [4.69, 9.17) is 4.74 Å². The molecular weight excluding hydrogens is 328 g/mol. The van der Waals surface area contributed by atoms with E-state index in [1.165, 1.54) is 0 Å². The van der Waals surface area contributed by atoms with Crippen molar-refractivity contribution in [3.63, 3.8) is 0 Å².